The van der Waals surface area contributed by atoms with E-state index in [0.717, 1.165) is 37.9 Å². The summed E-state index contributed by atoms with van der Waals surface area (Å²) in [5.74, 6) is 0.867. The van der Waals surface area contributed by atoms with Gasteiger partial charge in [-0.2, -0.15) is 5.26 Å². The van der Waals surface area contributed by atoms with E-state index in [1.54, 1.807) is 14.0 Å². The Morgan fingerprint density at radius 2 is 2.23 bits per heavy atom. The number of thiophene rings is 1. The van der Waals surface area contributed by atoms with E-state index in [-0.39, 0.29) is 24.9 Å². The maximum absolute atomic E-state index is 12.7. The largest absolute Gasteiger partial charge is 0.497 e. The third-order valence-electron chi connectivity index (χ3n) is 6.14. The molecule has 3 aromatic rings. The van der Waals surface area contributed by atoms with Crippen LogP contribution in [0.5, 0.6) is 5.75 Å². The van der Waals surface area contributed by atoms with E-state index >= 15 is 0 Å². The summed E-state index contributed by atoms with van der Waals surface area (Å²) in [6, 6.07) is 9.99. The van der Waals surface area contributed by atoms with Crippen LogP contribution in [0.4, 0.5) is 4.79 Å². The number of hydrogen-bond acceptors (Lipinski definition) is 8. The number of aromatic nitrogens is 1. The molecule has 0 saturated carbocycles. The zero-order valence-corrected chi connectivity index (χ0v) is 20.6. The molecule has 1 N–H and O–H groups in total. The second kappa shape index (κ2) is 11.2. The minimum absolute atomic E-state index is 0.0964. The summed E-state index contributed by atoms with van der Waals surface area (Å²) in [5.41, 5.74) is 4.17. The molecule has 0 spiro atoms. The highest BCUT2D eigenvalue weighted by Gasteiger charge is 2.28. The van der Waals surface area contributed by atoms with Gasteiger partial charge in [-0.15, -0.1) is 11.3 Å². The molecule has 35 heavy (non-hydrogen) atoms. The first-order valence-corrected chi connectivity index (χ1v) is 12.3. The van der Waals surface area contributed by atoms with Crippen molar-refractivity contribution in [2.45, 2.75) is 58.1 Å². The molecule has 0 fully saturated rings. The lowest BCUT2D eigenvalue weighted by molar-refractivity contribution is -0.118. The van der Waals surface area contributed by atoms with E-state index in [4.69, 9.17) is 14.0 Å². The highest BCUT2D eigenvalue weighted by molar-refractivity contribution is 7.12. The van der Waals surface area contributed by atoms with Gasteiger partial charge in [-0.05, 0) is 49.4 Å². The third kappa shape index (κ3) is 6.08. The highest BCUT2D eigenvalue weighted by atomic mass is 32.1. The smallest absolute Gasteiger partial charge is 0.407 e. The highest BCUT2D eigenvalue weighted by Crippen LogP contribution is 2.35. The Kier molecular flexibility index (Phi) is 7.83. The molecule has 9 heteroatoms. The Bertz CT molecular complexity index is 1260. The molecular weight excluding hydrogens is 466 g/mol. The molecule has 8 nitrogen and oxygen atoms in total. The number of ether oxygens (including phenoxy) is 2. The number of amides is 1. The number of methoxy groups -OCH3 is 1. The molecule has 1 aliphatic rings. The SMILES string of the molecule is COc1cccc(CCC(=O)Cc2sc3c(c2C#N)CCC(OC(=O)NCc2conc2C)C3)c1. The zero-order chi connectivity index (χ0) is 24.8. The summed E-state index contributed by atoms with van der Waals surface area (Å²) in [7, 11) is 1.62. The molecule has 0 radical (unpaired) electrons. The first kappa shape index (κ1) is 24.5. The van der Waals surface area contributed by atoms with Crippen LogP contribution in [0.25, 0.3) is 0 Å². The van der Waals surface area contributed by atoms with Crippen LogP contribution in [0.15, 0.2) is 35.1 Å². The number of ketones is 1. The normalized spacial score (nSPS) is 14.6. The third-order valence-corrected chi connectivity index (χ3v) is 7.39. The van der Waals surface area contributed by atoms with Crippen LogP contribution in [0.2, 0.25) is 0 Å². The van der Waals surface area contributed by atoms with Crippen molar-refractivity contribution in [3.8, 4) is 11.8 Å². The second-order valence-corrected chi connectivity index (χ2v) is 9.72. The molecule has 1 amide bonds. The Hall–Kier alpha value is -3.64. The summed E-state index contributed by atoms with van der Waals surface area (Å²) in [5, 5.41) is 16.3. The van der Waals surface area contributed by atoms with Crippen LogP contribution in [0.3, 0.4) is 0 Å². The average Bonchev–Trinajstić information content (AvgIpc) is 3.43. The number of alkyl carbamates (subject to hydrolysis) is 1. The molecule has 0 bridgehead atoms. The number of nitrogens with zero attached hydrogens (tertiary/aromatic N) is 2. The number of benzene rings is 1. The van der Waals surface area contributed by atoms with Gasteiger partial charge in [0.15, 0.2) is 0 Å². The van der Waals surface area contributed by atoms with Crippen molar-refractivity contribution in [2.75, 3.05) is 7.11 Å². The predicted molar refractivity (Wildman–Crippen MR) is 129 cm³/mol. The van der Waals surface area contributed by atoms with Crippen molar-refractivity contribution in [3.63, 3.8) is 0 Å². The van der Waals surface area contributed by atoms with Crippen molar-refractivity contribution in [2.24, 2.45) is 0 Å². The van der Waals surface area contributed by atoms with E-state index in [2.05, 4.69) is 16.5 Å². The monoisotopic (exact) mass is 493 g/mol. The van der Waals surface area contributed by atoms with E-state index < -0.39 is 6.09 Å². The number of hydrogen-bond donors (Lipinski definition) is 1. The second-order valence-electron chi connectivity index (χ2n) is 8.53. The van der Waals surface area contributed by atoms with Crippen molar-refractivity contribution < 1.29 is 23.6 Å². The number of nitrogens with one attached hydrogen (secondary N) is 1. The predicted octanol–water partition coefficient (Wildman–Crippen LogP) is 4.45. The molecule has 2 heterocycles. The topological polar surface area (TPSA) is 114 Å². The first-order valence-electron chi connectivity index (χ1n) is 11.5. The van der Waals surface area contributed by atoms with Crippen molar-refractivity contribution >= 4 is 23.2 Å². The Balaban J connectivity index is 1.32. The van der Waals surface area contributed by atoms with E-state index in [0.29, 0.717) is 37.7 Å². The number of fused-ring (bicyclic) bond motifs is 1. The summed E-state index contributed by atoms with van der Waals surface area (Å²) in [4.78, 5) is 26.8. The van der Waals surface area contributed by atoms with Crippen LogP contribution in [-0.2, 0) is 41.8 Å². The van der Waals surface area contributed by atoms with Crippen LogP contribution in [-0.4, -0.2) is 30.2 Å². The van der Waals surface area contributed by atoms with Crippen LogP contribution >= 0.6 is 11.3 Å². The first-order chi connectivity index (χ1) is 17.0. The van der Waals surface area contributed by atoms with Crippen LogP contribution < -0.4 is 10.1 Å². The molecule has 4 rings (SSSR count). The standard InChI is InChI=1S/C26H27N3O5S/c1-16-18(15-33-29-16)14-28-26(31)34-21-8-9-22-23(13-27)24(35-25(22)12-21)11-19(30)7-6-17-4-3-5-20(10-17)32-2/h3-5,10,15,21H,6-9,11-12,14H2,1-2H3,(H,28,31). The molecule has 1 aromatic carbocycles. The van der Waals surface area contributed by atoms with E-state index in [1.807, 2.05) is 24.3 Å². The van der Waals surface area contributed by atoms with Crippen molar-refractivity contribution in [1.29, 1.82) is 5.26 Å². The van der Waals surface area contributed by atoms with Gasteiger partial charge in [0.2, 0.25) is 0 Å². The van der Waals surface area contributed by atoms with Gasteiger partial charge in [-0.25, -0.2) is 4.79 Å². The minimum Gasteiger partial charge on any atom is -0.497 e. The minimum atomic E-state index is -0.496. The lowest BCUT2D eigenvalue weighted by Gasteiger charge is -2.22. The van der Waals surface area contributed by atoms with Gasteiger partial charge in [0, 0.05) is 34.6 Å². The number of carbonyl (C=O) groups excluding carboxylic acids is 2. The van der Waals surface area contributed by atoms with Gasteiger partial charge in [-0.1, -0.05) is 17.3 Å². The van der Waals surface area contributed by atoms with Gasteiger partial charge in [0.25, 0.3) is 0 Å². The Morgan fingerprint density at radius 1 is 1.37 bits per heavy atom. The maximum Gasteiger partial charge on any atom is 0.407 e. The van der Waals surface area contributed by atoms with Gasteiger partial charge >= 0.3 is 6.09 Å². The number of aryl methyl sites for hydroxylation is 2. The molecule has 0 aliphatic heterocycles. The summed E-state index contributed by atoms with van der Waals surface area (Å²) in [6.07, 6.45) is 3.84. The lowest BCUT2D eigenvalue weighted by atomic mass is 9.92. The molecule has 0 saturated heterocycles. The van der Waals surface area contributed by atoms with E-state index in [9.17, 15) is 14.9 Å². The van der Waals surface area contributed by atoms with Gasteiger partial charge in [0.1, 0.15) is 30.0 Å². The molecule has 1 aliphatic carbocycles. The molecule has 1 atom stereocenters. The zero-order valence-electron chi connectivity index (χ0n) is 19.8. The fraction of sp³-hybridized carbons (Fsp3) is 0.385. The van der Waals surface area contributed by atoms with Gasteiger partial charge < -0.3 is 19.3 Å². The number of rotatable bonds is 9. The molecule has 182 valence electrons. The quantitative estimate of drug-likeness (QED) is 0.468. The van der Waals surface area contributed by atoms with Crippen molar-refractivity contribution in [1.82, 2.24) is 10.5 Å². The summed E-state index contributed by atoms with van der Waals surface area (Å²) < 4.78 is 15.7. The Morgan fingerprint density at radius 3 is 2.97 bits per heavy atom. The van der Waals surface area contributed by atoms with E-state index in [1.165, 1.54) is 17.6 Å². The molecule has 2 aromatic heterocycles. The molecule has 1 unspecified atom stereocenters. The Labute approximate surface area is 207 Å². The molecular formula is C26H27N3O5S. The summed E-state index contributed by atoms with van der Waals surface area (Å²) >= 11 is 1.49. The van der Waals surface area contributed by atoms with Crippen molar-refractivity contribution in [3.05, 3.63) is 68.2 Å². The van der Waals surface area contributed by atoms with Crippen LogP contribution in [0.1, 0.15) is 50.5 Å². The van der Waals surface area contributed by atoms with Gasteiger partial charge in [0.05, 0.1) is 24.9 Å². The maximum atomic E-state index is 12.7. The summed E-state index contributed by atoms with van der Waals surface area (Å²) in [6.45, 7) is 2.09. The number of nitriles is 1. The average molecular weight is 494 g/mol. The van der Waals surface area contributed by atoms with Gasteiger partial charge in [-0.3, -0.25) is 4.79 Å². The van der Waals surface area contributed by atoms with Crippen LogP contribution in [0, 0.1) is 18.3 Å². The lowest BCUT2D eigenvalue weighted by Crippen LogP contribution is -2.31. The fourth-order valence-electron chi connectivity index (χ4n) is 4.19. The number of Topliss-reactive ketones (excluding diaryl/α,β-unsaturated/α-hetero) is 1. The number of carbonyl (C=O) groups is 2. The fourth-order valence-corrected chi connectivity index (χ4v) is 5.59.